The SMILES string of the molecule is C=C1C=CC(/C=N/N(CCCCCCCCCCN(/N=C/C2=CC(=C)C=C2)c2ccccc2)c2ccccc2)=C1. The summed E-state index contributed by atoms with van der Waals surface area (Å²) in [6, 6.07) is 20.9. The highest BCUT2D eigenvalue weighted by atomic mass is 15.5. The van der Waals surface area contributed by atoms with Crippen LogP contribution in [0.5, 0.6) is 0 Å². The third-order valence-corrected chi connectivity index (χ3v) is 6.97. The van der Waals surface area contributed by atoms with E-state index in [-0.39, 0.29) is 0 Å². The molecule has 0 heterocycles. The number of anilines is 2. The fourth-order valence-corrected chi connectivity index (χ4v) is 4.75. The molecule has 206 valence electrons. The number of nitrogens with zero attached hydrogens (tertiary/aromatic N) is 4. The molecule has 0 spiro atoms. The zero-order chi connectivity index (χ0) is 27.8. The molecule has 2 aliphatic carbocycles. The van der Waals surface area contributed by atoms with Gasteiger partial charge in [-0.25, -0.2) is 0 Å². The van der Waals surface area contributed by atoms with Gasteiger partial charge in [-0.3, -0.25) is 10.0 Å². The van der Waals surface area contributed by atoms with Crippen molar-refractivity contribution in [3.8, 4) is 0 Å². The van der Waals surface area contributed by atoms with Gasteiger partial charge in [-0.05, 0) is 71.6 Å². The largest absolute Gasteiger partial charge is 0.266 e. The fourth-order valence-electron chi connectivity index (χ4n) is 4.75. The van der Waals surface area contributed by atoms with Crippen molar-refractivity contribution >= 4 is 23.8 Å². The molecule has 4 rings (SSSR count). The van der Waals surface area contributed by atoms with E-state index in [4.69, 9.17) is 10.2 Å². The molecule has 0 unspecified atom stereocenters. The Morgan fingerprint density at radius 2 is 0.875 bits per heavy atom. The molecule has 4 nitrogen and oxygen atoms in total. The minimum atomic E-state index is 0.926. The maximum atomic E-state index is 4.78. The lowest BCUT2D eigenvalue weighted by Crippen LogP contribution is -2.18. The lowest BCUT2D eigenvalue weighted by atomic mass is 10.1. The van der Waals surface area contributed by atoms with Gasteiger partial charge in [0, 0.05) is 13.1 Å². The number of unbranched alkanes of at least 4 members (excludes halogenated alkanes) is 7. The molecular formula is C36H42N4. The Bertz CT molecular complexity index is 1180. The molecule has 0 saturated heterocycles. The summed E-state index contributed by atoms with van der Waals surface area (Å²) in [6.07, 6.45) is 26.0. The lowest BCUT2D eigenvalue weighted by Gasteiger charge is -2.19. The van der Waals surface area contributed by atoms with Crippen LogP contribution in [0.3, 0.4) is 0 Å². The highest BCUT2D eigenvalue weighted by Gasteiger charge is 2.07. The predicted octanol–water partition coefficient (Wildman–Crippen LogP) is 9.20. The van der Waals surface area contributed by atoms with Crippen molar-refractivity contribution in [3.05, 3.63) is 133 Å². The molecule has 2 aliphatic rings. The van der Waals surface area contributed by atoms with Crippen LogP contribution in [0.25, 0.3) is 0 Å². The molecule has 2 aromatic rings. The Hall–Kier alpha value is -4.18. The van der Waals surface area contributed by atoms with Gasteiger partial charge < -0.3 is 0 Å². The predicted molar refractivity (Wildman–Crippen MR) is 174 cm³/mol. The van der Waals surface area contributed by atoms with Gasteiger partial charge in [0.15, 0.2) is 0 Å². The standard InChI is InChI=1S/C36H42N4/c1-31-21-23-33(27-31)29-37-39(35-17-11-9-12-18-35)25-15-7-5-3-4-6-8-16-26-40(36-19-13-10-14-20-36)38-30-34-24-22-32(2)28-34/h9-14,17-24,27-30H,1-8,15-16,25-26H2/b37-29+,38-30+. The quantitative estimate of drug-likeness (QED) is 0.116. The first kappa shape index (κ1) is 28.8. The van der Waals surface area contributed by atoms with Gasteiger partial charge in [-0.2, -0.15) is 10.2 Å². The Morgan fingerprint density at radius 3 is 1.23 bits per heavy atom. The van der Waals surface area contributed by atoms with Crippen molar-refractivity contribution in [3.63, 3.8) is 0 Å². The summed E-state index contributed by atoms with van der Waals surface area (Å²) in [7, 11) is 0. The average molecular weight is 531 g/mol. The third-order valence-electron chi connectivity index (χ3n) is 6.97. The van der Waals surface area contributed by atoms with Crippen LogP contribution < -0.4 is 10.0 Å². The summed E-state index contributed by atoms with van der Waals surface area (Å²) in [5, 5.41) is 13.8. The first-order chi connectivity index (χ1) is 19.7. The van der Waals surface area contributed by atoms with E-state index >= 15 is 0 Å². The van der Waals surface area contributed by atoms with E-state index in [1.807, 2.05) is 36.7 Å². The zero-order valence-corrected chi connectivity index (χ0v) is 23.7. The monoisotopic (exact) mass is 530 g/mol. The molecule has 2 aromatic carbocycles. The third kappa shape index (κ3) is 9.85. The van der Waals surface area contributed by atoms with E-state index in [1.165, 1.54) is 38.5 Å². The second-order valence-corrected chi connectivity index (χ2v) is 10.3. The number of allylic oxidation sites excluding steroid dienone is 10. The molecule has 0 fully saturated rings. The normalized spacial score (nSPS) is 14.5. The lowest BCUT2D eigenvalue weighted by molar-refractivity contribution is 0.564. The molecular weight excluding hydrogens is 488 g/mol. The molecule has 40 heavy (non-hydrogen) atoms. The van der Waals surface area contributed by atoms with Gasteiger partial charge in [0.1, 0.15) is 0 Å². The summed E-state index contributed by atoms with van der Waals surface area (Å²) in [6.45, 7) is 9.82. The van der Waals surface area contributed by atoms with E-state index in [9.17, 15) is 0 Å². The first-order valence-corrected chi connectivity index (χ1v) is 14.6. The highest BCUT2D eigenvalue weighted by molar-refractivity contribution is 5.86. The van der Waals surface area contributed by atoms with Crippen LogP contribution in [0.15, 0.2) is 143 Å². The second kappa shape index (κ2) is 16.0. The van der Waals surface area contributed by atoms with Gasteiger partial charge in [0.2, 0.25) is 0 Å². The number of hydrogen-bond donors (Lipinski definition) is 0. The van der Waals surface area contributed by atoms with Crippen LogP contribution in [0, 0.1) is 0 Å². The summed E-state index contributed by atoms with van der Waals surface area (Å²) < 4.78 is 0. The summed E-state index contributed by atoms with van der Waals surface area (Å²) >= 11 is 0. The number of hydrogen-bond acceptors (Lipinski definition) is 4. The Morgan fingerprint density at radius 1 is 0.500 bits per heavy atom. The van der Waals surface area contributed by atoms with E-state index in [1.54, 1.807) is 0 Å². The molecule has 0 radical (unpaired) electrons. The van der Waals surface area contributed by atoms with Crippen molar-refractivity contribution in [2.45, 2.75) is 51.4 Å². The van der Waals surface area contributed by atoms with Crippen molar-refractivity contribution in [2.75, 3.05) is 23.1 Å². The maximum absolute atomic E-state index is 4.78. The molecule has 4 heteroatoms. The van der Waals surface area contributed by atoms with Crippen molar-refractivity contribution in [2.24, 2.45) is 10.2 Å². The first-order valence-electron chi connectivity index (χ1n) is 14.6. The number of rotatable bonds is 17. The number of hydrazone groups is 2. The fraction of sp³-hybridized carbons (Fsp3) is 0.278. The van der Waals surface area contributed by atoms with Gasteiger partial charge in [0.05, 0.1) is 23.8 Å². The molecule has 0 N–H and O–H groups in total. The second-order valence-electron chi connectivity index (χ2n) is 10.3. The molecule has 0 aromatic heterocycles. The minimum Gasteiger partial charge on any atom is -0.266 e. The average Bonchev–Trinajstić information content (AvgIpc) is 3.60. The zero-order valence-electron chi connectivity index (χ0n) is 23.7. The van der Waals surface area contributed by atoms with Crippen LogP contribution in [0.2, 0.25) is 0 Å². The van der Waals surface area contributed by atoms with Crippen LogP contribution in [0.1, 0.15) is 51.4 Å². The smallest absolute Gasteiger partial charge is 0.0593 e. The Kier molecular flexibility index (Phi) is 11.6. The topological polar surface area (TPSA) is 31.2 Å². The van der Waals surface area contributed by atoms with Crippen LogP contribution >= 0.6 is 0 Å². The van der Waals surface area contributed by atoms with Crippen LogP contribution in [-0.4, -0.2) is 25.5 Å². The molecule has 0 bridgehead atoms. The van der Waals surface area contributed by atoms with Crippen molar-refractivity contribution in [1.82, 2.24) is 0 Å². The van der Waals surface area contributed by atoms with E-state index in [0.717, 1.165) is 59.6 Å². The maximum Gasteiger partial charge on any atom is 0.0593 e. The Labute approximate surface area is 240 Å². The highest BCUT2D eigenvalue weighted by Crippen LogP contribution is 2.19. The summed E-state index contributed by atoms with van der Waals surface area (Å²) in [5.41, 5.74) is 6.51. The van der Waals surface area contributed by atoms with Crippen LogP contribution in [-0.2, 0) is 0 Å². The molecule has 0 amide bonds. The summed E-state index contributed by atoms with van der Waals surface area (Å²) in [4.78, 5) is 0. The Balaban J connectivity index is 1.12. The van der Waals surface area contributed by atoms with Gasteiger partial charge in [0.25, 0.3) is 0 Å². The number of para-hydroxylation sites is 2. The molecule has 0 saturated carbocycles. The molecule has 0 atom stereocenters. The van der Waals surface area contributed by atoms with Crippen molar-refractivity contribution in [1.29, 1.82) is 0 Å². The van der Waals surface area contributed by atoms with Gasteiger partial charge >= 0.3 is 0 Å². The van der Waals surface area contributed by atoms with Crippen LogP contribution in [0.4, 0.5) is 11.4 Å². The molecule has 0 aliphatic heterocycles. The minimum absolute atomic E-state index is 0.926. The van der Waals surface area contributed by atoms with E-state index in [2.05, 4.69) is 96.0 Å². The summed E-state index contributed by atoms with van der Waals surface area (Å²) in [5.74, 6) is 0. The van der Waals surface area contributed by atoms with E-state index < -0.39 is 0 Å². The van der Waals surface area contributed by atoms with Crippen molar-refractivity contribution < 1.29 is 0 Å². The van der Waals surface area contributed by atoms with Gasteiger partial charge in [-0.1, -0.05) is 112 Å². The number of benzene rings is 2. The van der Waals surface area contributed by atoms with Gasteiger partial charge in [-0.15, -0.1) is 0 Å². The van der Waals surface area contributed by atoms with E-state index in [0.29, 0.717) is 0 Å².